The number of aliphatic hydroxyl groups excluding tert-OH is 3. The molecular formula is C27H32NO8-. The number of carbonyl (C=O) groups is 1. The van der Waals surface area contributed by atoms with Crippen LogP contribution in [0.25, 0.3) is 10.9 Å². The van der Waals surface area contributed by atoms with Crippen LogP contribution in [0.2, 0.25) is 0 Å². The first-order chi connectivity index (χ1) is 17.3. The maximum Gasteiger partial charge on any atom is 0.343 e. The van der Waals surface area contributed by atoms with Gasteiger partial charge in [-0.1, -0.05) is 62.0 Å². The van der Waals surface area contributed by atoms with Gasteiger partial charge in [-0.3, -0.25) is 0 Å². The average Bonchev–Trinajstić information content (AvgIpc) is 3.36. The topological polar surface area (TPSA) is 140 Å². The Balaban J connectivity index is 1.59. The van der Waals surface area contributed by atoms with E-state index < -0.39 is 43.3 Å². The Hall–Kier alpha value is -2.79. The zero-order valence-electron chi connectivity index (χ0n) is 20.3. The Bertz CT molecular complexity index is 1180. The number of fused-ring (bicyclic) bond motifs is 1. The van der Waals surface area contributed by atoms with Gasteiger partial charge < -0.3 is 39.6 Å². The van der Waals surface area contributed by atoms with Crippen LogP contribution in [0.1, 0.15) is 37.1 Å². The summed E-state index contributed by atoms with van der Waals surface area (Å²) in [6.45, 7) is 2.89. The highest BCUT2D eigenvalue weighted by molar-refractivity contribution is 5.91. The van der Waals surface area contributed by atoms with E-state index >= 15 is 0 Å². The van der Waals surface area contributed by atoms with Gasteiger partial charge in [-0.15, -0.1) is 5.52 Å². The summed E-state index contributed by atoms with van der Waals surface area (Å²) in [6.07, 6.45) is -2.75. The summed E-state index contributed by atoms with van der Waals surface area (Å²) in [5.74, 6) is -2.74. The lowest BCUT2D eigenvalue weighted by Crippen LogP contribution is -2.46. The van der Waals surface area contributed by atoms with Gasteiger partial charge in [0.15, 0.2) is 6.10 Å². The SMILES string of the molecule is CC(C)CCc1ccc2[n-]c(CO)c(OC(=O)[C@@H]3O[C@@](O)(CO)[C@H](O)[C@H]3OCc3ccccc3)c2c1. The molecular weight excluding hydrogens is 466 g/mol. The molecule has 9 heteroatoms. The van der Waals surface area contributed by atoms with Gasteiger partial charge in [0.25, 0.3) is 0 Å². The second-order valence-corrected chi connectivity index (χ2v) is 9.50. The molecule has 1 fully saturated rings. The van der Waals surface area contributed by atoms with E-state index in [-0.39, 0.29) is 18.1 Å². The predicted molar refractivity (Wildman–Crippen MR) is 130 cm³/mol. The van der Waals surface area contributed by atoms with Crippen LogP contribution in [0.15, 0.2) is 48.5 Å². The Labute approximate surface area is 209 Å². The molecule has 2 heterocycles. The molecule has 0 aliphatic carbocycles. The van der Waals surface area contributed by atoms with Crippen LogP contribution >= 0.6 is 0 Å². The molecule has 0 radical (unpaired) electrons. The molecule has 4 atom stereocenters. The molecule has 3 aromatic rings. The second-order valence-electron chi connectivity index (χ2n) is 9.50. The predicted octanol–water partition coefficient (Wildman–Crippen LogP) is 1.81. The van der Waals surface area contributed by atoms with Gasteiger partial charge in [-0.05, 0) is 36.0 Å². The first-order valence-electron chi connectivity index (χ1n) is 12.0. The van der Waals surface area contributed by atoms with Crippen molar-refractivity contribution in [3.63, 3.8) is 0 Å². The summed E-state index contributed by atoms with van der Waals surface area (Å²) in [5, 5.41) is 41.2. The van der Waals surface area contributed by atoms with Gasteiger partial charge in [0.05, 0.1) is 19.8 Å². The molecule has 1 aliphatic heterocycles. The molecule has 194 valence electrons. The van der Waals surface area contributed by atoms with Gasteiger partial charge in [0.1, 0.15) is 18.0 Å². The minimum atomic E-state index is -2.40. The van der Waals surface area contributed by atoms with Crippen LogP contribution in [0, 0.1) is 5.92 Å². The molecule has 1 aliphatic rings. The van der Waals surface area contributed by atoms with E-state index in [2.05, 4.69) is 18.8 Å². The van der Waals surface area contributed by atoms with Crippen molar-refractivity contribution in [1.82, 2.24) is 4.98 Å². The van der Waals surface area contributed by atoms with Gasteiger partial charge >= 0.3 is 5.97 Å². The van der Waals surface area contributed by atoms with Crippen molar-refractivity contribution in [3.8, 4) is 5.75 Å². The number of hydrogen-bond donors (Lipinski definition) is 4. The normalized spacial score (nSPS) is 24.0. The van der Waals surface area contributed by atoms with E-state index in [1.165, 1.54) is 0 Å². The fourth-order valence-electron chi connectivity index (χ4n) is 4.24. The monoisotopic (exact) mass is 498 g/mol. The number of ether oxygens (including phenoxy) is 3. The number of benzene rings is 2. The Morgan fingerprint density at radius 3 is 2.56 bits per heavy atom. The Morgan fingerprint density at radius 2 is 1.89 bits per heavy atom. The standard InChI is InChI=1S/C27H32NO8/c1-16(2)8-9-17-10-11-20-19(12-17)22(21(13-29)28-20)35-26(32)24-23(25(31)27(33,15-30)36-24)34-14-18-6-4-3-5-7-18/h3-7,10-12,16,23-25,29-31,33H,8-9,13-15H2,1-2H3/q-1/t23-,24+,25+,27-/m0/s1. The van der Waals surface area contributed by atoms with E-state index in [4.69, 9.17) is 14.2 Å². The average molecular weight is 499 g/mol. The largest absolute Gasteiger partial charge is 0.656 e. The van der Waals surface area contributed by atoms with Gasteiger partial charge in [-0.25, -0.2) is 4.79 Å². The first kappa shape index (κ1) is 26.3. The summed E-state index contributed by atoms with van der Waals surface area (Å²) in [5.41, 5.74) is 2.55. The van der Waals surface area contributed by atoms with Crippen molar-refractivity contribution in [1.29, 1.82) is 0 Å². The molecule has 9 nitrogen and oxygen atoms in total. The number of nitrogens with zero attached hydrogens (tertiary/aromatic N) is 1. The lowest BCUT2D eigenvalue weighted by Gasteiger charge is -2.23. The zero-order chi connectivity index (χ0) is 25.9. The number of aliphatic hydroxyl groups is 4. The summed E-state index contributed by atoms with van der Waals surface area (Å²) in [6, 6.07) is 14.7. The van der Waals surface area contributed by atoms with Crippen molar-refractivity contribution in [2.45, 2.75) is 64.0 Å². The molecule has 2 aromatic carbocycles. The summed E-state index contributed by atoms with van der Waals surface area (Å²) in [7, 11) is 0. The fraction of sp³-hybridized carbons (Fsp3) is 0.444. The van der Waals surface area contributed by atoms with E-state index in [0.29, 0.717) is 16.8 Å². The second kappa shape index (κ2) is 11.1. The zero-order valence-corrected chi connectivity index (χ0v) is 20.3. The minimum absolute atomic E-state index is 0.0270. The van der Waals surface area contributed by atoms with Crippen molar-refractivity contribution in [2.75, 3.05) is 6.61 Å². The highest BCUT2D eigenvalue weighted by atomic mass is 16.7. The van der Waals surface area contributed by atoms with Gasteiger partial charge in [-0.2, -0.15) is 0 Å². The van der Waals surface area contributed by atoms with Gasteiger partial charge in [0, 0.05) is 5.39 Å². The molecule has 0 bridgehead atoms. The number of esters is 1. The van der Waals surface area contributed by atoms with E-state index in [1.54, 1.807) is 12.1 Å². The molecule has 0 amide bonds. The first-order valence-corrected chi connectivity index (χ1v) is 12.0. The Morgan fingerprint density at radius 1 is 1.14 bits per heavy atom. The number of carbonyl (C=O) groups excluding carboxylic acids is 1. The lowest BCUT2D eigenvalue weighted by atomic mass is 10.0. The molecule has 0 saturated carbocycles. The van der Waals surface area contributed by atoms with Crippen LogP contribution in [-0.2, 0) is 33.9 Å². The maximum absolute atomic E-state index is 13.3. The number of aryl methyl sites for hydroxylation is 1. The highest BCUT2D eigenvalue weighted by Gasteiger charge is 2.57. The number of aromatic nitrogens is 1. The van der Waals surface area contributed by atoms with Gasteiger partial charge in [0.2, 0.25) is 5.79 Å². The van der Waals surface area contributed by atoms with E-state index in [9.17, 15) is 25.2 Å². The van der Waals surface area contributed by atoms with Crippen LogP contribution in [0.4, 0.5) is 0 Å². The van der Waals surface area contributed by atoms with Crippen molar-refractivity contribution < 1.29 is 39.4 Å². The Kier molecular flexibility index (Phi) is 8.09. The van der Waals surface area contributed by atoms with E-state index in [1.807, 2.05) is 36.4 Å². The molecule has 4 rings (SSSR count). The third-order valence-corrected chi connectivity index (χ3v) is 6.33. The smallest absolute Gasteiger partial charge is 0.343 e. The third-order valence-electron chi connectivity index (χ3n) is 6.33. The minimum Gasteiger partial charge on any atom is -0.656 e. The van der Waals surface area contributed by atoms with Crippen molar-refractivity contribution >= 4 is 16.9 Å². The van der Waals surface area contributed by atoms with Crippen molar-refractivity contribution in [3.05, 3.63) is 65.4 Å². The number of hydrogen-bond acceptors (Lipinski definition) is 8. The third kappa shape index (κ3) is 5.46. The summed E-state index contributed by atoms with van der Waals surface area (Å²) in [4.78, 5) is 17.6. The van der Waals surface area contributed by atoms with Crippen LogP contribution in [0.5, 0.6) is 5.75 Å². The van der Waals surface area contributed by atoms with Crippen LogP contribution < -0.4 is 9.72 Å². The molecule has 1 aromatic heterocycles. The fourth-order valence-corrected chi connectivity index (χ4v) is 4.24. The molecule has 1 saturated heterocycles. The van der Waals surface area contributed by atoms with E-state index in [0.717, 1.165) is 24.0 Å². The summed E-state index contributed by atoms with van der Waals surface area (Å²) >= 11 is 0. The van der Waals surface area contributed by atoms with Crippen molar-refractivity contribution in [2.24, 2.45) is 5.92 Å². The quantitative estimate of drug-likeness (QED) is 0.308. The van der Waals surface area contributed by atoms with Crippen LogP contribution in [0.3, 0.4) is 0 Å². The lowest BCUT2D eigenvalue weighted by molar-refractivity contribution is -0.246. The summed E-state index contributed by atoms with van der Waals surface area (Å²) < 4.78 is 16.8. The maximum atomic E-state index is 13.3. The molecule has 0 unspecified atom stereocenters. The molecule has 0 spiro atoms. The van der Waals surface area contributed by atoms with Crippen LogP contribution in [-0.4, -0.2) is 57.1 Å². The molecule has 36 heavy (non-hydrogen) atoms. The molecule has 4 N–H and O–H groups in total. The number of rotatable bonds is 10. The highest BCUT2D eigenvalue weighted by Crippen LogP contribution is 2.35.